The van der Waals surface area contributed by atoms with E-state index in [0.29, 0.717) is 6.04 Å². The van der Waals surface area contributed by atoms with Crippen molar-refractivity contribution in [3.8, 4) is 0 Å². The zero-order valence-corrected chi connectivity index (χ0v) is 15.0. The van der Waals surface area contributed by atoms with Gasteiger partial charge < -0.3 is 10.4 Å². The molecule has 0 radical (unpaired) electrons. The predicted molar refractivity (Wildman–Crippen MR) is 97.6 cm³/mol. The van der Waals surface area contributed by atoms with Crippen molar-refractivity contribution in [2.45, 2.75) is 69.2 Å². The van der Waals surface area contributed by atoms with Crippen LogP contribution in [-0.2, 0) is 10.2 Å². The maximum absolute atomic E-state index is 11.1. The number of hydrogen-bond acceptors (Lipinski definition) is 2. The number of aliphatic carboxylic acids is 1. The fourth-order valence-corrected chi connectivity index (χ4v) is 4.69. The molecule has 0 aliphatic heterocycles. The molecule has 0 unspecified atom stereocenters. The van der Waals surface area contributed by atoms with Gasteiger partial charge in [0, 0.05) is 23.0 Å². The van der Waals surface area contributed by atoms with Crippen molar-refractivity contribution >= 4 is 17.6 Å². The number of rotatable bonds is 5. The van der Waals surface area contributed by atoms with Gasteiger partial charge in [-0.05, 0) is 56.2 Å². The molecule has 4 heteroatoms. The van der Waals surface area contributed by atoms with Gasteiger partial charge >= 0.3 is 5.97 Å². The van der Waals surface area contributed by atoms with Crippen molar-refractivity contribution in [2.75, 3.05) is 6.54 Å². The second-order valence-electron chi connectivity index (χ2n) is 7.62. The van der Waals surface area contributed by atoms with Crippen LogP contribution in [0.2, 0.25) is 5.02 Å². The Morgan fingerprint density at radius 3 is 2.50 bits per heavy atom. The second-order valence-corrected chi connectivity index (χ2v) is 8.06. The molecule has 3 rings (SSSR count). The minimum atomic E-state index is -0.629. The van der Waals surface area contributed by atoms with Crippen LogP contribution in [0.5, 0.6) is 0 Å². The molecule has 0 heterocycles. The lowest BCUT2D eigenvalue weighted by atomic mass is 9.69. The van der Waals surface area contributed by atoms with Gasteiger partial charge in [0.05, 0.1) is 5.92 Å². The van der Waals surface area contributed by atoms with Gasteiger partial charge in [-0.2, -0.15) is 0 Å². The van der Waals surface area contributed by atoms with E-state index in [1.54, 1.807) is 0 Å². The normalized spacial score (nSPS) is 26.9. The van der Waals surface area contributed by atoms with Crippen LogP contribution in [0.3, 0.4) is 0 Å². The minimum Gasteiger partial charge on any atom is -0.481 e. The monoisotopic (exact) mass is 349 g/mol. The number of carboxylic acid groups (broad SMARTS) is 1. The third kappa shape index (κ3) is 4.12. The molecule has 1 aromatic carbocycles. The SMILES string of the molecule is O=C(O)C1CCC(NCC2(c3cccc(Cl)c3)CCCCC2)CC1. The van der Waals surface area contributed by atoms with Crippen molar-refractivity contribution in [1.82, 2.24) is 5.32 Å². The summed E-state index contributed by atoms with van der Waals surface area (Å²) in [6, 6.07) is 8.82. The molecule has 2 saturated carbocycles. The van der Waals surface area contributed by atoms with Crippen LogP contribution in [0.1, 0.15) is 63.4 Å². The molecular weight excluding hydrogens is 322 g/mol. The van der Waals surface area contributed by atoms with Gasteiger partial charge in [0.15, 0.2) is 0 Å². The van der Waals surface area contributed by atoms with Crippen LogP contribution in [0.25, 0.3) is 0 Å². The summed E-state index contributed by atoms with van der Waals surface area (Å²) < 4.78 is 0. The predicted octanol–water partition coefficient (Wildman–Crippen LogP) is 4.77. The highest BCUT2D eigenvalue weighted by atomic mass is 35.5. The van der Waals surface area contributed by atoms with E-state index in [-0.39, 0.29) is 11.3 Å². The number of benzene rings is 1. The Morgan fingerprint density at radius 2 is 1.88 bits per heavy atom. The van der Waals surface area contributed by atoms with Crippen molar-refractivity contribution in [3.05, 3.63) is 34.9 Å². The van der Waals surface area contributed by atoms with E-state index in [9.17, 15) is 4.79 Å². The van der Waals surface area contributed by atoms with Crippen LogP contribution in [0.15, 0.2) is 24.3 Å². The number of halogens is 1. The summed E-state index contributed by atoms with van der Waals surface area (Å²) in [5.41, 5.74) is 1.55. The first kappa shape index (κ1) is 17.8. The van der Waals surface area contributed by atoms with E-state index in [1.807, 2.05) is 6.07 Å². The van der Waals surface area contributed by atoms with Gasteiger partial charge in [-0.15, -0.1) is 0 Å². The average Bonchev–Trinajstić information content (AvgIpc) is 2.61. The maximum atomic E-state index is 11.1. The van der Waals surface area contributed by atoms with Crippen molar-refractivity contribution in [1.29, 1.82) is 0 Å². The molecule has 0 bridgehead atoms. The third-order valence-electron chi connectivity index (χ3n) is 6.05. The molecule has 2 aliphatic rings. The highest BCUT2D eigenvalue weighted by Crippen LogP contribution is 2.40. The van der Waals surface area contributed by atoms with Gasteiger partial charge in [-0.3, -0.25) is 4.79 Å². The molecule has 0 aromatic heterocycles. The van der Waals surface area contributed by atoms with E-state index in [0.717, 1.165) is 37.3 Å². The van der Waals surface area contributed by atoms with E-state index in [4.69, 9.17) is 16.7 Å². The Hall–Kier alpha value is -1.06. The van der Waals surface area contributed by atoms with Crippen LogP contribution >= 0.6 is 11.6 Å². The minimum absolute atomic E-state index is 0.139. The Labute approximate surface area is 149 Å². The van der Waals surface area contributed by atoms with Crippen LogP contribution in [-0.4, -0.2) is 23.7 Å². The summed E-state index contributed by atoms with van der Waals surface area (Å²) in [6.07, 6.45) is 9.86. The first-order chi connectivity index (χ1) is 11.6. The molecule has 2 fully saturated rings. The van der Waals surface area contributed by atoms with Gasteiger partial charge in [-0.25, -0.2) is 0 Å². The van der Waals surface area contributed by atoms with E-state index >= 15 is 0 Å². The Kier molecular flexibility index (Phi) is 5.83. The molecular formula is C20H28ClNO2. The summed E-state index contributed by atoms with van der Waals surface area (Å²) in [4.78, 5) is 11.1. The summed E-state index contributed by atoms with van der Waals surface area (Å²) in [5, 5.41) is 13.7. The van der Waals surface area contributed by atoms with Crippen molar-refractivity contribution in [3.63, 3.8) is 0 Å². The molecule has 1 aromatic rings. The van der Waals surface area contributed by atoms with Gasteiger partial charge in [0.1, 0.15) is 0 Å². The number of carbonyl (C=O) groups is 1. The van der Waals surface area contributed by atoms with Crippen LogP contribution < -0.4 is 5.32 Å². The molecule has 24 heavy (non-hydrogen) atoms. The number of carboxylic acids is 1. The standard InChI is InChI=1S/C20H28ClNO2/c21-17-6-4-5-16(13-17)20(11-2-1-3-12-20)14-22-18-9-7-15(8-10-18)19(23)24/h4-6,13,15,18,22H,1-3,7-12,14H2,(H,23,24). The summed E-state index contributed by atoms with van der Waals surface area (Å²) in [5.74, 6) is -0.768. The molecule has 2 aliphatic carbocycles. The van der Waals surface area contributed by atoms with Crippen LogP contribution in [0, 0.1) is 5.92 Å². The zero-order valence-electron chi connectivity index (χ0n) is 14.3. The topological polar surface area (TPSA) is 49.3 Å². The first-order valence-corrected chi connectivity index (χ1v) is 9.69. The Morgan fingerprint density at radius 1 is 1.17 bits per heavy atom. The Bertz CT molecular complexity index is 561. The second kappa shape index (κ2) is 7.88. The third-order valence-corrected chi connectivity index (χ3v) is 6.29. The van der Waals surface area contributed by atoms with Gasteiger partial charge in [0.2, 0.25) is 0 Å². The molecule has 0 spiro atoms. The van der Waals surface area contributed by atoms with Crippen molar-refractivity contribution in [2.24, 2.45) is 5.92 Å². The average molecular weight is 350 g/mol. The fraction of sp³-hybridized carbons (Fsp3) is 0.650. The largest absolute Gasteiger partial charge is 0.481 e. The summed E-state index contributed by atoms with van der Waals surface area (Å²) >= 11 is 6.24. The molecule has 0 amide bonds. The highest BCUT2D eigenvalue weighted by Gasteiger charge is 2.35. The lowest BCUT2D eigenvalue weighted by molar-refractivity contribution is -0.142. The quantitative estimate of drug-likeness (QED) is 0.804. The zero-order chi connectivity index (χ0) is 17.0. The lowest BCUT2D eigenvalue weighted by Gasteiger charge is -2.40. The maximum Gasteiger partial charge on any atom is 0.306 e. The molecule has 0 atom stereocenters. The molecule has 0 saturated heterocycles. The number of hydrogen-bond donors (Lipinski definition) is 2. The fourth-order valence-electron chi connectivity index (χ4n) is 4.50. The molecule has 3 nitrogen and oxygen atoms in total. The summed E-state index contributed by atoms with van der Waals surface area (Å²) in [7, 11) is 0. The smallest absolute Gasteiger partial charge is 0.306 e. The lowest BCUT2D eigenvalue weighted by Crippen LogP contribution is -2.45. The van der Waals surface area contributed by atoms with E-state index in [1.165, 1.54) is 37.7 Å². The van der Waals surface area contributed by atoms with Gasteiger partial charge in [0.25, 0.3) is 0 Å². The highest BCUT2D eigenvalue weighted by molar-refractivity contribution is 6.30. The Balaban J connectivity index is 1.64. The molecule has 132 valence electrons. The molecule has 2 N–H and O–H groups in total. The first-order valence-electron chi connectivity index (χ1n) is 9.31. The van der Waals surface area contributed by atoms with Crippen LogP contribution in [0.4, 0.5) is 0 Å². The van der Waals surface area contributed by atoms with E-state index in [2.05, 4.69) is 23.5 Å². The van der Waals surface area contributed by atoms with Crippen molar-refractivity contribution < 1.29 is 9.90 Å². The number of nitrogens with one attached hydrogen (secondary N) is 1. The summed E-state index contributed by atoms with van der Waals surface area (Å²) in [6.45, 7) is 0.982. The van der Waals surface area contributed by atoms with Gasteiger partial charge in [-0.1, -0.05) is 43.0 Å². The van der Waals surface area contributed by atoms with E-state index < -0.39 is 5.97 Å².